The smallest absolute Gasteiger partial charge is 0.193 e. The molecule has 24 heavy (non-hydrogen) atoms. The first kappa shape index (κ1) is 19.4. The van der Waals surface area contributed by atoms with Crippen molar-refractivity contribution in [1.29, 1.82) is 0 Å². The molecule has 1 aromatic heterocycles. The van der Waals surface area contributed by atoms with E-state index < -0.39 is 0 Å². The van der Waals surface area contributed by atoms with Crippen LogP contribution < -0.4 is 5.32 Å². The lowest BCUT2D eigenvalue weighted by atomic mass is 10.1. The van der Waals surface area contributed by atoms with Crippen molar-refractivity contribution in [2.45, 2.75) is 38.6 Å². The van der Waals surface area contributed by atoms with Crippen LogP contribution in [-0.4, -0.2) is 66.6 Å². The molecule has 2 aliphatic heterocycles. The zero-order valence-corrected chi connectivity index (χ0v) is 17.2. The highest BCUT2D eigenvalue weighted by atomic mass is 127. The number of likely N-dealkylation sites (tertiary alicyclic amines) is 2. The summed E-state index contributed by atoms with van der Waals surface area (Å²) in [4.78, 5) is 13.7. The molecule has 2 aliphatic rings. The van der Waals surface area contributed by atoms with Crippen LogP contribution in [0.5, 0.6) is 0 Å². The number of aromatic nitrogens is 1. The maximum atomic E-state index is 4.49. The molecule has 0 amide bonds. The fraction of sp³-hybridized carbons (Fsp3) is 0.667. The van der Waals surface area contributed by atoms with Crippen molar-refractivity contribution in [2.75, 3.05) is 39.8 Å². The van der Waals surface area contributed by atoms with Crippen LogP contribution in [0.15, 0.2) is 23.5 Å². The number of halogens is 1. The number of aliphatic imine (C=N–C) groups is 1. The first-order valence-corrected chi connectivity index (χ1v) is 8.87. The molecular formula is C18H30IN5. The summed E-state index contributed by atoms with van der Waals surface area (Å²) in [6, 6.07) is 2.83. The molecule has 2 fully saturated rings. The van der Waals surface area contributed by atoms with Gasteiger partial charge in [-0.25, -0.2) is 0 Å². The van der Waals surface area contributed by atoms with Gasteiger partial charge in [-0.05, 0) is 62.9 Å². The molecule has 1 aromatic rings. The van der Waals surface area contributed by atoms with Crippen molar-refractivity contribution < 1.29 is 0 Å². The lowest BCUT2D eigenvalue weighted by Gasteiger charge is -2.25. The number of hydrogen-bond acceptors (Lipinski definition) is 3. The highest BCUT2D eigenvalue weighted by Gasteiger charge is 2.30. The second-order valence-corrected chi connectivity index (χ2v) is 6.66. The van der Waals surface area contributed by atoms with E-state index in [1.807, 2.05) is 19.4 Å². The van der Waals surface area contributed by atoms with Gasteiger partial charge in [0, 0.05) is 45.1 Å². The molecule has 1 N–H and O–H groups in total. The Kier molecular flexibility index (Phi) is 7.74. The Morgan fingerprint density at radius 3 is 2.83 bits per heavy atom. The minimum Gasteiger partial charge on any atom is -0.356 e. The molecule has 2 saturated heterocycles. The number of hydrogen-bond donors (Lipinski definition) is 1. The topological polar surface area (TPSA) is 43.8 Å². The van der Waals surface area contributed by atoms with Gasteiger partial charge in [0.25, 0.3) is 0 Å². The van der Waals surface area contributed by atoms with Gasteiger partial charge in [0.15, 0.2) is 5.96 Å². The van der Waals surface area contributed by atoms with Crippen molar-refractivity contribution >= 4 is 29.9 Å². The second kappa shape index (κ2) is 9.56. The van der Waals surface area contributed by atoms with E-state index in [0.29, 0.717) is 0 Å². The molecule has 0 saturated carbocycles. The van der Waals surface area contributed by atoms with Gasteiger partial charge in [-0.15, -0.1) is 24.0 Å². The molecule has 1 unspecified atom stereocenters. The average molecular weight is 443 g/mol. The Hall–Kier alpha value is -0.890. The van der Waals surface area contributed by atoms with Crippen molar-refractivity contribution in [3.8, 4) is 0 Å². The highest BCUT2D eigenvalue weighted by molar-refractivity contribution is 14.0. The Morgan fingerprint density at radius 1 is 1.33 bits per heavy atom. The summed E-state index contributed by atoms with van der Waals surface area (Å²) < 4.78 is 0. The van der Waals surface area contributed by atoms with E-state index in [1.54, 1.807) is 0 Å². The third-order valence-electron chi connectivity index (χ3n) is 5.15. The summed E-state index contributed by atoms with van der Waals surface area (Å²) in [5.74, 6) is 1.05. The Morgan fingerprint density at radius 2 is 2.12 bits per heavy atom. The number of nitrogens with one attached hydrogen (secondary N) is 1. The zero-order chi connectivity index (χ0) is 16.1. The summed E-state index contributed by atoms with van der Waals surface area (Å²) in [7, 11) is 1.89. The van der Waals surface area contributed by atoms with Gasteiger partial charge in [0.05, 0.1) is 0 Å². The van der Waals surface area contributed by atoms with Crippen LogP contribution in [0.2, 0.25) is 0 Å². The standard InChI is InChI=1S/C18H29N5.HI/c1-15-13-20-8-5-16(15)6-9-21-18(19-2)23-12-7-17(14-23)22-10-3-4-11-22;/h5,8,13,17H,3-4,6-7,9-12,14H2,1-2H3,(H,19,21);1H. The van der Waals surface area contributed by atoms with Crippen molar-refractivity contribution in [3.05, 3.63) is 29.6 Å². The molecule has 0 aliphatic carbocycles. The fourth-order valence-electron chi connectivity index (χ4n) is 3.76. The largest absolute Gasteiger partial charge is 0.356 e. The molecule has 0 aromatic carbocycles. The monoisotopic (exact) mass is 443 g/mol. The lowest BCUT2D eigenvalue weighted by Crippen LogP contribution is -2.43. The molecule has 6 heteroatoms. The summed E-state index contributed by atoms with van der Waals surface area (Å²) >= 11 is 0. The first-order valence-electron chi connectivity index (χ1n) is 8.87. The SMILES string of the molecule is CN=C(NCCc1ccncc1C)N1CCC(N2CCCC2)C1.I. The van der Waals surface area contributed by atoms with Crippen LogP contribution in [0, 0.1) is 6.92 Å². The van der Waals surface area contributed by atoms with E-state index >= 15 is 0 Å². The average Bonchev–Trinajstić information content (AvgIpc) is 3.24. The molecule has 3 rings (SSSR count). The van der Waals surface area contributed by atoms with Crippen molar-refractivity contribution in [2.24, 2.45) is 4.99 Å². The zero-order valence-electron chi connectivity index (χ0n) is 14.9. The van der Waals surface area contributed by atoms with Gasteiger partial charge in [-0.2, -0.15) is 0 Å². The fourth-order valence-corrected chi connectivity index (χ4v) is 3.76. The van der Waals surface area contributed by atoms with Gasteiger partial charge in [0.1, 0.15) is 0 Å². The van der Waals surface area contributed by atoms with E-state index in [4.69, 9.17) is 0 Å². The summed E-state index contributed by atoms with van der Waals surface area (Å²) in [5, 5.41) is 3.54. The number of aryl methyl sites for hydroxylation is 1. The predicted molar refractivity (Wildman–Crippen MR) is 110 cm³/mol. The number of nitrogens with zero attached hydrogens (tertiary/aromatic N) is 4. The van der Waals surface area contributed by atoms with E-state index in [2.05, 4.69) is 38.1 Å². The third kappa shape index (κ3) is 4.81. The van der Waals surface area contributed by atoms with Crippen LogP contribution in [-0.2, 0) is 6.42 Å². The second-order valence-electron chi connectivity index (χ2n) is 6.66. The molecular weight excluding hydrogens is 413 g/mol. The minimum absolute atomic E-state index is 0. The van der Waals surface area contributed by atoms with Crippen LogP contribution in [0.25, 0.3) is 0 Å². The maximum Gasteiger partial charge on any atom is 0.193 e. The Bertz CT molecular complexity index is 542. The van der Waals surface area contributed by atoms with Gasteiger partial charge in [0.2, 0.25) is 0 Å². The van der Waals surface area contributed by atoms with E-state index in [1.165, 1.54) is 43.5 Å². The van der Waals surface area contributed by atoms with Gasteiger partial charge in [-0.1, -0.05) is 0 Å². The maximum absolute atomic E-state index is 4.49. The van der Waals surface area contributed by atoms with Crippen LogP contribution >= 0.6 is 24.0 Å². The molecule has 134 valence electrons. The summed E-state index contributed by atoms with van der Waals surface area (Å²) in [6.07, 6.45) is 8.83. The van der Waals surface area contributed by atoms with E-state index in [0.717, 1.165) is 38.1 Å². The Balaban J connectivity index is 0.00000208. The van der Waals surface area contributed by atoms with E-state index in [9.17, 15) is 0 Å². The van der Waals surface area contributed by atoms with Crippen LogP contribution in [0.3, 0.4) is 0 Å². The molecule has 3 heterocycles. The lowest BCUT2D eigenvalue weighted by molar-refractivity contribution is 0.249. The minimum atomic E-state index is 0. The number of rotatable bonds is 4. The first-order chi connectivity index (χ1) is 11.3. The number of guanidine groups is 1. The number of pyridine rings is 1. The van der Waals surface area contributed by atoms with Crippen LogP contribution in [0.4, 0.5) is 0 Å². The van der Waals surface area contributed by atoms with Gasteiger partial charge < -0.3 is 10.2 Å². The molecule has 0 bridgehead atoms. The van der Waals surface area contributed by atoms with Gasteiger partial charge >= 0.3 is 0 Å². The molecule has 5 nitrogen and oxygen atoms in total. The summed E-state index contributed by atoms with van der Waals surface area (Å²) in [6.45, 7) is 7.85. The summed E-state index contributed by atoms with van der Waals surface area (Å²) in [5.41, 5.74) is 2.62. The normalized spacial score (nSPS) is 21.8. The predicted octanol–water partition coefficient (Wildman–Crippen LogP) is 2.30. The van der Waals surface area contributed by atoms with Crippen LogP contribution in [0.1, 0.15) is 30.4 Å². The van der Waals surface area contributed by atoms with Gasteiger partial charge in [-0.3, -0.25) is 14.9 Å². The Labute approximate surface area is 162 Å². The molecule has 0 spiro atoms. The molecule has 0 radical (unpaired) electrons. The van der Waals surface area contributed by atoms with Crippen molar-refractivity contribution in [1.82, 2.24) is 20.1 Å². The third-order valence-corrected chi connectivity index (χ3v) is 5.15. The quantitative estimate of drug-likeness (QED) is 0.441. The van der Waals surface area contributed by atoms with Crippen molar-refractivity contribution in [3.63, 3.8) is 0 Å². The molecule has 1 atom stereocenters. The highest BCUT2D eigenvalue weighted by Crippen LogP contribution is 2.20. The van der Waals surface area contributed by atoms with E-state index in [-0.39, 0.29) is 24.0 Å².